The highest BCUT2D eigenvalue weighted by atomic mass is 16.6. The smallest absolute Gasteiger partial charge is 0.109 e. The molecule has 2 rings (SSSR count). The van der Waals surface area contributed by atoms with Crippen LogP contribution in [0.3, 0.4) is 0 Å². The normalized spacial score (nSPS) is 20.7. The molecule has 2 unspecified atom stereocenters. The second-order valence-corrected chi connectivity index (χ2v) is 6.45. The number of benzene rings is 1. The van der Waals surface area contributed by atoms with Crippen LogP contribution in [0.2, 0.25) is 0 Å². The zero-order chi connectivity index (χ0) is 14.9. The first kappa shape index (κ1) is 16.5. The molecule has 21 heavy (non-hydrogen) atoms. The predicted octanol–water partition coefficient (Wildman–Crippen LogP) is 6.22. The molecule has 0 aliphatic carbocycles. The Kier molecular flexibility index (Phi) is 7.29. The fourth-order valence-electron chi connectivity index (χ4n) is 3.23. The second-order valence-electron chi connectivity index (χ2n) is 6.45. The summed E-state index contributed by atoms with van der Waals surface area (Å²) in [4.78, 5) is 0. The number of hydrogen-bond donors (Lipinski definition) is 0. The average molecular weight is 288 g/mol. The highest BCUT2D eigenvalue weighted by Gasteiger charge is 2.39. The quantitative estimate of drug-likeness (QED) is 0.348. The summed E-state index contributed by atoms with van der Waals surface area (Å²) in [6.45, 7) is 4.52. The van der Waals surface area contributed by atoms with Gasteiger partial charge in [0.2, 0.25) is 0 Å². The van der Waals surface area contributed by atoms with Crippen LogP contribution < -0.4 is 0 Å². The monoisotopic (exact) mass is 288 g/mol. The lowest BCUT2D eigenvalue weighted by Crippen LogP contribution is -1.96. The third kappa shape index (κ3) is 5.47. The van der Waals surface area contributed by atoms with Crippen LogP contribution in [0.1, 0.15) is 88.9 Å². The summed E-state index contributed by atoms with van der Waals surface area (Å²) in [5, 5.41) is 0. The van der Waals surface area contributed by atoms with Gasteiger partial charge in [0.15, 0.2) is 0 Å². The summed E-state index contributed by atoms with van der Waals surface area (Å²) in [6.07, 6.45) is 14.2. The molecule has 0 saturated carbocycles. The topological polar surface area (TPSA) is 12.5 Å². The van der Waals surface area contributed by atoms with Crippen molar-refractivity contribution in [2.75, 3.05) is 0 Å². The zero-order valence-corrected chi connectivity index (χ0v) is 13.9. The molecule has 1 aliphatic rings. The molecule has 1 aliphatic heterocycles. The molecule has 1 heteroatoms. The molecule has 118 valence electrons. The van der Waals surface area contributed by atoms with Crippen molar-refractivity contribution in [2.45, 2.75) is 90.3 Å². The summed E-state index contributed by atoms with van der Waals surface area (Å²) in [6, 6.07) is 8.92. The number of aryl methyl sites for hydroxylation is 1. The minimum Gasteiger partial charge on any atom is -0.364 e. The molecule has 1 fully saturated rings. The first-order valence-corrected chi connectivity index (χ1v) is 9.10. The maximum absolute atomic E-state index is 5.86. The van der Waals surface area contributed by atoms with Crippen LogP contribution >= 0.6 is 0 Å². The number of hydrogen-bond acceptors (Lipinski definition) is 1. The van der Waals surface area contributed by atoms with Gasteiger partial charge < -0.3 is 4.74 Å². The van der Waals surface area contributed by atoms with Crippen LogP contribution in [-0.2, 0) is 11.2 Å². The fourth-order valence-corrected chi connectivity index (χ4v) is 3.23. The molecule has 0 N–H and O–H groups in total. The lowest BCUT2D eigenvalue weighted by atomic mass is 9.96. The highest BCUT2D eigenvalue weighted by Crippen LogP contribution is 2.42. The number of ether oxygens (including phenoxy) is 1. The first-order valence-electron chi connectivity index (χ1n) is 9.10. The largest absolute Gasteiger partial charge is 0.364 e. The van der Waals surface area contributed by atoms with Gasteiger partial charge in [-0.1, -0.05) is 83.1 Å². The van der Waals surface area contributed by atoms with Crippen LogP contribution in [0.15, 0.2) is 24.3 Å². The number of rotatable bonds is 11. The van der Waals surface area contributed by atoms with E-state index in [0.29, 0.717) is 12.2 Å². The minimum atomic E-state index is 0.394. The Balaban J connectivity index is 1.71. The third-order valence-corrected chi connectivity index (χ3v) is 4.57. The third-order valence-electron chi connectivity index (χ3n) is 4.57. The Hall–Kier alpha value is -0.820. The Labute approximate surface area is 131 Å². The van der Waals surface area contributed by atoms with E-state index in [9.17, 15) is 0 Å². The van der Waals surface area contributed by atoms with Gasteiger partial charge in [-0.2, -0.15) is 0 Å². The second kappa shape index (κ2) is 9.25. The van der Waals surface area contributed by atoms with Crippen LogP contribution in [0.4, 0.5) is 0 Å². The molecule has 1 aromatic carbocycles. The van der Waals surface area contributed by atoms with E-state index in [1.807, 2.05) is 0 Å². The van der Waals surface area contributed by atoms with Gasteiger partial charge in [0, 0.05) is 0 Å². The number of epoxide rings is 1. The van der Waals surface area contributed by atoms with Crippen LogP contribution in [0.5, 0.6) is 0 Å². The van der Waals surface area contributed by atoms with Gasteiger partial charge in [-0.3, -0.25) is 0 Å². The van der Waals surface area contributed by atoms with Crippen molar-refractivity contribution >= 4 is 0 Å². The Morgan fingerprint density at radius 1 is 0.857 bits per heavy atom. The van der Waals surface area contributed by atoms with Crippen molar-refractivity contribution in [1.29, 1.82) is 0 Å². The van der Waals surface area contributed by atoms with Crippen molar-refractivity contribution in [3.8, 4) is 0 Å². The molecular formula is C20H32O. The summed E-state index contributed by atoms with van der Waals surface area (Å²) in [5.41, 5.74) is 2.98. The van der Waals surface area contributed by atoms with E-state index in [4.69, 9.17) is 4.74 Å². The molecule has 2 atom stereocenters. The summed E-state index contributed by atoms with van der Waals surface area (Å²) in [7, 11) is 0. The van der Waals surface area contributed by atoms with Crippen LogP contribution in [0, 0.1) is 0 Å². The van der Waals surface area contributed by atoms with Crippen molar-refractivity contribution < 1.29 is 4.74 Å². The van der Waals surface area contributed by atoms with Crippen molar-refractivity contribution in [2.24, 2.45) is 0 Å². The van der Waals surface area contributed by atoms with Crippen molar-refractivity contribution in [3.05, 3.63) is 35.4 Å². The maximum atomic E-state index is 5.86. The standard InChI is InChI=1S/C20H32O/c1-3-5-6-7-8-9-10-14-17-15-11-12-16-18(17)20-19(21-20)13-4-2/h11-12,15-16,19-20H,3-10,13-14H2,1-2H3. The minimum absolute atomic E-state index is 0.394. The molecule has 0 bridgehead atoms. The SMILES string of the molecule is CCCCCCCCCc1ccccc1C1OC1CCC. The average Bonchev–Trinajstić information content (AvgIpc) is 3.26. The van der Waals surface area contributed by atoms with Crippen molar-refractivity contribution in [1.82, 2.24) is 0 Å². The van der Waals surface area contributed by atoms with Gasteiger partial charge in [-0.15, -0.1) is 0 Å². The summed E-state index contributed by atoms with van der Waals surface area (Å²) < 4.78 is 5.86. The summed E-state index contributed by atoms with van der Waals surface area (Å²) >= 11 is 0. The van der Waals surface area contributed by atoms with E-state index in [2.05, 4.69) is 38.1 Å². The lowest BCUT2D eigenvalue weighted by molar-refractivity contribution is 0.364. The van der Waals surface area contributed by atoms with E-state index in [1.54, 1.807) is 0 Å². The van der Waals surface area contributed by atoms with Gasteiger partial charge in [0.25, 0.3) is 0 Å². The van der Waals surface area contributed by atoms with E-state index in [0.717, 1.165) is 0 Å². The first-order chi connectivity index (χ1) is 10.4. The zero-order valence-electron chi connectivity index (χ0n) is 13.9. The Morgan fingerprint density at radius 3 is 2.33 bits per heavy atom. The lowest BCUT2D eigenvalue weighted by Gasteiger charge is -2.07. The molecule has 1 saturated heterocycles. The molecule has 0 amide bonds. The van der Waals surface area contributed by atoms with Crippen LogP contribution in [0.25, 0.3) is 0 Å². The Bertz CT molecular complexity index is 399. The molecule has 0 spiro atoms. The number of unbranched alkanes of at least 4 members (excludes halogenated alkanes) is 6. The van der Waals surface area contributed by atoms with Gasteiger partial charge in [0.05, 0.1) is 6.10 Å². The van der Waals surface area contributed by atoms with E-state index in [1.165, 1.54) is 75.3 Å². The van der Waals surface area contributed by atoms with Gasteiger partial charge in [-0.25, -0.2) is 0 Å². The fraction of sp³-hybridized carbons (Fsp3) is 0.700. The van der Waals surface area contributed by atoms with Crippen molar-refractivity contribution in [3.63, 3.8) is 0 Å². The highest BCUT2D eigenvalue weighted by molar-refractivity contribution is 5.32. The van der Waals surface area contributed by atoms with E-state index >= 15 is 0 Å². The predicted molar refractivity (Wildman–Crippen MR) is 90.7 cm³/mol. The van der Waals surface area contributed by atoms with E-state index in [-0.39, 0.29) is 0 Å². The molecule has 0 aromatic heterocycles. The van der Waals surface area contributed by atoms with Gasteiger partial charge in [-0.05, 0) is 30.4 Å². The molecule has 1 nitrogen and oxygen atoms in total. The van der Waals surface area contributed by atoms with Crippen LogP contribution in [-0.4, -0.2) is 6.10 Å². The molecule has 1 aromatic rings. The molecule has 1 heterocycles. The van der Waals surface area contributed by atoms with E-state index < -0.39 is 0 Å². The Morgan fingerprint density at radius 2 is 1.57 bits per heavy atom. The van der Waals surface area contributed by atoms with Gasteiger partial charge >= 0.3 is 0 Å². The molecule has 0 radical (unpaired) electrons. The summed E-state index contributed by atoms with van der Waals surface area (Å²) in [5.74, 6) is 0. The maximum Gasteiger partial charge on any atom is 0.109 e. The molecular weight excluding hydrogens is 256 g/mol. The van der Waals surface area contributed by atoms with Gasteiger partial charge in [0.1, 0.15) is 6.10 Å².